The second-order valence-corrected chi connectivity index (χ2v) is 7.49. The lowest BCUT2D eigenvalue weighted by atomic mass is 9.93. The first-order valence-electron chi connectivity index (χ1n) is 7.48. The summed E-state index contributed by atoms with van der Waals surface area (Å²) in [6, 6.07) is 5.71. The molecule has 2 aromatic rings. The fourth-order valence-electron chi connectivity index (χ4n) is 2.41. The molecular formula is C17H20N4OS. The van der Waals surface area contributed by atoms with Crippen molar-refractivity contribution < 1.29 is 5.11 Å². The number of nitrogens with one attached hydrogen (secondary N) is 1. The van der Waals surface area contributed by atoms with Crippen molar-refractivity contribution in [3.8, 4) is 0 Å². The first-order valence-corrected chi connectivity index (χ1v) is 8.36. The highest BCUT2D eigenvalue weighted by atomic mass is 32.1. The van der Waals surface area contributed by atoms with Crippen molar-refractivity contribution in [2.24, 2.45) is 0 Å². The van der Waals surface area contributed by atoms with E-state index in [0.29, 0.717) is 29.5 Å². The lowest BCUT2D eigenvalue weighted by molar-refractivity contribution is 0.345. The molecule has 0 saturated heterocycles. The summed E-state index contributed by atoms with van der Waals surface area (Å²) in [7, 11) is 0. The van der Waals surface area contributed by atoms with E-state index in [1.165, 1.54) is 11.3 Å². The predicted octanol–water partition coefficient (Wildman–Crippen LogP) is 3.60. The van der Waals surface area contributed by atoms with E-state index in [2.05, 4.69) is 30.7 Å². The van der Waals surface area contributed by atoms with Crippen LogP contribution < -0.4 is 0 Å². The van der Waals surface area contributed by atoms with E-state index >= 15 is 0 Å². The standard InChI is InChI=1S/C17H20N4OS/c1-17(2,3)13-10-23-16(20-13)14-12(22)9-21(15(14)18)8-11-6-4-5-7-19-11/h4-7,10,18,22H,8-9H2,1-3H3. The zero-order chi connectivity index (χ0) is 16.6. The predicted molar refractivity (Wildman–Crippen MR) is 92.7 cm³/mol. The molecular weight excluding hydrogens is 308 g/mol. The number of pyridine rings is 1. The van der Waals surface area contributed by atoms with Crippen molar-refractivity contribution in [1.29, 1.82) is 5.41 Å². The number of nitrogens with zero attached hydrogens (tertiary/aromatic N) is 3. The first kappa shape index (κ1) is 15.7. The third-order valence-corrected chi connectivity index (χ3v) is 4.61. The maximum atomic E-state index is 10.3. The van der Waals surface area contributed by atoms with E-state index in [4.69, 9.17) is 5.41 Å². The van der Waals surface area contributed by atoms with Gasteiger partial charge in [0.1, 0.15) is 16.6 Å². The van der Waals surface area contributed by atoms with Gasteiger partial charge in [0.25, 0.3) is 0 Å². The third kappa shape index (κ3) is 3.12. The molecule has 0 radical (unpaired) electrons. The number of aliphatic hydroxyl groups excluding tert-OH is 1. The van der Waals surface area contributed by atoms with Gasteiger partial charge in [0, 0.05) is 17.0 Å². The Morgan fingerprint density at radius 3 is 2.74 bits per heavy atom. The third-order valence-electron chi connectivity index (χ3n) is 3.75. The zero-order valence-electron chi connectivity index (χ0n) is 13.5. The largest absolute Gasteiger partial charge is 0.510 e. The average Bonchev–Trinajstić information content (AvgIpc) is 3.06. The van der Waals surface area contributed by atoms with E-state index in [-0.39, 0.29) is 11.2 Å². The zero-order valence-corrected chi connectivity index (χ0v) is 14.3. The van der Waals surface area contributed by atoms with E-state index in [1.807, 2.05) is 28.5 Å². The van der Waals surface area contributed by atoms with Gasteiger partial charge < -0.3 is 10.0 Å². The summed E-state index contributed by atoms with van der Waals surface area (Å²) in [4.78, 5) is 10.7. The monoisotopic (exact) mass is 328 g/mol. The molecule has 0 aliphatic carbocycles. The number of aliphatic hydroxyl groups is 1. The molecule has 6 heteroatoms. The summed E-state index contributed by atoms with van der Waals surface area (Å²) < 4.78 is 0. The van der Waals surface area contributed by atoms with Gasteiger partial charge in [0.05, 0.1) is 30.1 Å². The van der Waals surface area contributed by atoms with E-state index in [9.17, 15) is 5.11 Å². The van der Waals surface area contributed by atoms with Crippen molar-refractivity contribution in [2.45, 2.75) is 32.7 Å². The molecule has 5 nitrogen and oxygen atoms in total. The molecule has 1 aliphatic heterocycles. The van der Waals surface area contributed by atoms with Crippen molar-refractivity contribution in [3.05, 3.63) is 51.9 Å². The lowest BCUT2D eigenvalue weighted by Gasteiger charge is -2.17. The Balaban J connectivity index is 1.82. The Labute approximate surface area is 139 Å². The number of hydrogen-bond donors (Lipinski definition) is 2. The Hall–Kier alpha value is -2.21. The summed E-state index contributed by atoms with van der Waals surface area (Å²) in [5.74, 6) is 0.517. The lowest BCUT2D eigenvalue weighted by Crippen LogP contribution is -2.26. The minimum absolute atomic E-state index is 0.0423. The van der Waals surface area contributed by atoms with Gasteiger partial charge in [-0.2, -0.15) is 0 Å². The van der Waals surface area contributed by atoms with Crippen LogP contribution in [0.25, 0.3) is 5.57 Å². The van der Waals surface area contributed by atoms with Gasteiger partial charge in [-0.25, -0.2) is 4.98 Å². The van der Waals surface area contributed by atoms with Gasteiger partial charge in [-0.3, -0.25) is 10.4 Å². The molecule has 3 heterocycles. The maximum absolute atomic E-state index is 10.3. The summed E-state index contributed by atoms with van der Waals surface area (Å²) >= 11 is 1.48. The van der Waals surface area contributed by atoms with Crippen molar-refractivity contribution in [2.75, 3.05) is 6.54 Å². The van der Waals surface area contributed by atoms with Gasteiger partial charge in [-0.1, -0.05) is 26.8 Å². The summed E-state index contributed by atoms with van der Waals surface area (Å²) in [6.07, 6.45) is 1.74. The molecule has 120 valence electrons. The number of rotatable bonds is 3. The van der Waals surface area contributed by atoms with E-state index in [0.717, 1.165) is 11.4 Å². The highest BCUT2D eigenvalue weighted by molar-refractivity contribution is 7.11. The van der Waals surface area contributed by atoms with Crippen LogP contribution >= 0.6 is 11.3 Å². The van der Waals surface area contributed by atoms with Gasteiger partial charge >= 0.3 is 0 Å². The van der Waals surface area contributed by atoms with E-state index < -0.39 is 0 Å². The summed E-state index contributed by atoms with van der Waals surface area (Å²) in [6.45, 7) is 7.15. The molecule has 23 heavy (non-hydrogen) atoms. The summed E-state index contributed by atoms with van der Waals surface area (Å²) in [5.41, 5.74) is 2.36. The van der Waals surface area contributed by atoms with Gasteiger partial charge in [0.2, 0.25) is 0 Å². The number of amidine groups is 1. The van der Waals surface area contributed by atoms with Crippen LogP contribution in [0.5, 0.6) is 0 Å². The van der Waals surface area contributed by atoms with Crippen LogP contribution in [-0.2, 0) is 12.0 Å². The minimum atomic E-state index is -0.0423. The second-order valence-electron chi connectivity index (χ2n) is 6.64. The van der Waals surface area contributed by atoms with Crippen molar-refractivity contribution >= 4 is 22.7 Å². The molecule has 0 atom stereocenters. The molecule has 2 aromatic heterocycles. The van der Waals surface area contributed by atoms with Gasteiger partial charge in [0.15, 0.2) is 0 Å². The molecule has 2 N–H and O–H groups in total. The summed E-state index contributed by atoms with van der Waals surface area (Å²) in [5, 5.41) is 21.4. The van der Waals surface area contributed by atoms with Crippen LogP contribution in [0, 0.1) is 5.41 Å². The quantitative estimate of drug-likeness (QED) is 0.903. The average molecular weight is 328 g/mol. The number of thiazole rings is 1. The molecule has 0 amide bonds. The highest BCUT2D eigenvalue weighted by Gasteiger charge is 2.31. The van der Waals surface area contributed by atoms with Crippen LogP contribution in [0.3, 0.4) is 0 Å². The normalized spacial score (nSPS) is 15.6. The Morgan fingerprint density at radius 2 is 2.13 bits per heavy atom. The second kappa shape index (κ2) is 5.77. The molecule has 3 rings (SSSR count). The first-order chi connectivity index (χ1) is 10.9. The number of aromatic nitrogens is 2. The Bertz CT molecular complexity index is 758. The molecule has 0 spiro atoms. The van der Waals surface area contributed by atoms with Crippen molar-refractivity contribution in [3.63, 3.8) is 0 Å². The van der Waals surface area contributed by atoms with Crippen LogP contribution in [-0.4, -0.2) is 32.4 Å². The van der Waals surface area contributed by atoms with Crippen molar-refractivity contribution in [1.82, 2.24) is 14.9 Å². The SMILES string of the molecule is CC(C)(C)c1csc(C2=C(O)CN(Cc3ccccn3)C2=N)n1. The van der Waals surface area contributed by atoms with Crippen LogP contribution in [0.15, 0.2) is 35.5 Å². The fourth-order valence-corrected chi connectivity index (χ4v) is 3.53. The molecule has 0 bridgehead atoms. The molecule has 1 aliphatic rings. The van der Waals surface area contributed by atoms with E-state index in [1.54, 1.807) is 6.20 Å². The number of hydrogen-bond acceptors (Lipinski definition) is 5. The van der Waals surface area contributed by atoms with Gasteiger partial charge in [-0.15, -0.1) is 11.3 Å². The maximum Gasteiger partial charge on any atom is 0.135 e. The molecule has 0 fully saturated rings. The molecule has 0 saturated carbocycles. The smallest absolute Gasteiger partial charge is 0.135 e. The Kier molecular flexibility index (Phi) is 3.93. The topological polar surface area (TPSA) is 73.1 Å². The fraction of sp³-hybridized carbons (Fsp3) is 0.353. The van der Waals surface area contributed by atoms with Crippen LogP contribution in [0.2, 0.25) is 0 Å². The highest BCUT2D eigenvalue weighted by Crippen LogP contribution is 2.32. The van der Waals surface area contributed by atoms with Crippen LogP contribution in [0.4, 0.5) is 0 Å². The van der Waals surface area contributed by atoms with Crippen LogP contribution in [0.1, 0.15) is 37.2 Å². The Morgan fingerprint density at radius 1 is 1.35 bits per heavy atom. The molecule has 0 unspecified atom stereocenters. The minimum Gasteiger partial charge on any atom is -0.510 e. The molecule has 0 aromatic carbocycles. The van der Waals surface area contributed by atoms with Gasteiger partial charge in [-0.05, 0) is 12.1 Å².